The van der Waals surface area contributed by atoms with E-state index in [9.17, 15) is 4.79 Å². The number of aryl methyl sites for hydroxylation is 2. The van der Waals surface area contributed by atoms with Gasteiger partial charge in [-0.3, -0.25) is 4.79 Å². The number of likely N-dealkylation sites (tertiary alicyclic amines) is 1. The largest absolute Gasteiger partial charge is 0.493 e. The van der Waals surface area contributed by atoms with Crippen LogP contribution in [0.4, 0.5) is 0 Å². The highest BCUT2D eigenvalue weighted by atomic mass is 16.5. The Kier molecular flexibility index (Phi) is 6.43. The lowest BCUT2D eigenvalue weighted by Crippen LogP contribution is -2.35. The molecule has 0 N–H and O–H groups in total. The molecule has 27 heavy (non-hydrogen) atoms. The number of hydrogen-bond donors (Lipinski definition) is 0. The van der Waals surface area contributed by atoms with Gasteiger partial charge in [0, 0.05) is 31.9 Å². The van der Waals surface area contributed by atoms with E-state index >= 15 is 0 Å². The molecule has 1 amide bonds. The average Bonchev–Trinajstić information content (AvgIpc) is 2.97. The number of aromatic nitrogens is 1. The van der Waals surface area contributed by atoms with Crippen LogP contribution in [0.3, 0.4) is 0 Å². The van der Waals surface area contributed by atoms with Crippen molar-refractivity contribution in [1.82, 2.24) is 9.47 Å². The van der Waals surface area contributed by atoms with Crippen molar-refractivity contribution < 1.29 is 14.3 Å². The Morgan fingerprint density at radius 2 is 1.93 bits per heavy atom. The highest BCUT2D eigenvalue weighted by Crippen LogP contribution is 2.32. The summed E-state index contributed by atoms with van der Waals surface area (Å²) < 4.78 is 12.8. The van der Waals surface area contributed by atoms with Crippen LogP contribution in [0, 0.1) is 0 Å². The zero-order chi connectivity index (χ0) is 19.2. The molecule has 2 heterocycles. The van der Waals surface area contributed by atoms with Crippen LogP contribution in [-0.4, -0.2) is 36.1 Å². The van der Waals surface area contributed by atoms with Crippen molar-refractivity contribution in [3.8, 4) is 11.5 Å². The van der Waals surface area contributed by atoms with Crippen LogP contribution in [0.5, 0.6) is 11.5 Å². The number of benzene rings is 1. The smallest absolute Gasteiger partial charge is 0.223 e. The molecule has 5 nitrogen and oxygen atoms in total. The summed E-state index contributed by atoms with van der Waals surface area (Å²) in [5, 5.41) is 0. The Labute approximate surface area is 161 Å². The van der Waals surface area contributed by atoms with Crippen molar-refractivity contribution >= 4 is 5.91 Å². The zero-order valence-corrected chi connectivity index (χ0v) is 16.6. The minimum Gasteiger partial charge on any atom is -0.493 e. The van der Waals surface area contributed by atoms with Gasteiger partial charge in [-0.15, -0.1) is 0 Å². The van der Waals surface area contributed by atoms with E-state index in [-0.39, 0.29) is 11.9 Å². The van der Waals surface area contributed by atoms with Gasteiger partial charge in [0.25, 0.3) is 0 Å². The van der Waals surface area contributed by atoms with Crippen LogP contribution >= 0.6 is 0 Å². The second kappa shape index (κ2) is 8.98. The summed E-state index contributed by atoms with van der Waals surface area (Å²) in [6.07, 6.45) is 7.77. The second-order valence-corrected chi connectivity index (χ2v) is 7.19. The number of carbonyl (C=O) groups excluding carboxylic acids is 1. The Balaban J connectivity index is 1.70. The molecule has 1 aliphatic rings. The third-order valence-corrected chi connectivity index (χ3v) is 5.47. The van der Waals surface area contributed by atoms with Gasteiger partial charge in [-0.25, -0.2) is 0 Å². The summed E-state index contributed by atoms with van der Waals surface area (Å²) in [6.45, 7) is 0.848. The molecule has 0 bridgehead atoms. The molecule has 1 aromatic carbocycles. The number of ether oxygens (including phenoxy) is 2. The van der Waals surface area contributed by atoms with Crippen molar-refractivity contribution in [2.45, 2.75) is 44.6 Å². The first-order valence-corrected chi connectivity index (χ1v) is 9.75. The third kappa shape index (κ3) is 4.46. The summed E-state index contributed by atoms with van der Waals surface area (Å²) in [5.41, 5.74) is 2.32. The Bertz CT molecular complexity index is 769. The van der Waals surface area contributed by atoms with Gasteiger partial charge in [-0.2, -0.15) is 0 Å². The van der Waals surface area contributed by atoms with E-state index in [1.807, 2.05) is 18.2 Å². The van der Waals surface area contributed by atoms with Crippen LogP contribution in [0.2, 0.25) is 0 Å². The van der Waals surface area contributed by atoms with Gasteiger partial charge in [0.15, 0.2) is 11.5 Å². The molecule has 1 saturated heterocycles. The highest BCUT2D eigenvalue weighted by molar-refractivity contribution is 5.77. The molecule has 1 fully saturated rings. The first-order valence-electron chi connectivity index (χ1n) is 9.75. The molecular formula is C22H30N2O3. The predicted molar refractivity (Wildman–Crippen MR) is 106 cm³/mol. The fourth-order valence-corrected chi connectivity index (χ4v) is 3.97. The second-order valence-electron chi connectivity index (χ2n) is 7.19. The highest BCUT2D eigenvalue weighted by Gasteiger charge is 2.27. The quantitative estimate of drug-likeness (QED) is 0.768. The van der Waals surface area contributed by atoms with E-state index in [0.717, 1.165) is 24.9 Å². The fraction of sp³-hybridized carbons (Fsp3) is 0.500. The maximum Gasteiger partial charge on any atom is 0.223 e. The van der Waals surface area contributed by atoms with Crippen LogP contribution in [0.1, 0.15) is 49.4 Å². The lowest BCUT2D eigenvalue weighted by Gasteiger charge is -2.31. The zero-order valence-electron chi connectivity index (χ0n) is 16.6. The Morgan fingerprint density at radius 3 is 2.63 bits per heavy atom. The molecule has 0 aliphatic carbocycles. The Hall–Kier alpha value is -2.43. The van der Waals surface area contributed by atoms with Gasteiger partial charge in [0.1, 0.15) is 0 Å². The summed E-state index contributed by atoms with van der Waals surface area (Å²) in [6, 6.07) is 10.3. The monoisotopic (exact) mass is 370 g/mol. The predicted octanol–water partition coefficient (Wildman–Crippen LogP) is 4.12. The first kappa shape index (κ1) is 19.3. The van der Waals surface area contributed by atoms with Gasteiger partial charge in [-0.05, 0) is 49.1 Å². The summed E-state index contributed by atoms with van der Waals surface area (Å²) >= 11 is 0. The maximum atomic E-state index is 13.1. The van der Waals surface area contributed by atoms with E-state index in [4.69, 9.17) is 9.47 Å². The lowest BCUT2D eigenvalue weighted by molar-refractivity contribution is -0.133. The van der Waals surface area contributed by atoms with Gasteiger partial charge in [-0.1, -0.05) is 18.9 Å². The molecule has 0 unspecified atom stereocenters. The summed E-state index contributed by atoms with van der Waals surface area (Å²) in [4.78, 5) is 15.2. The molecule has 2 aromatic rings. The van der Waals surface area contributed by atoms with Gasteiger partial charge >= 0.3 is 0 Å². The van der Waals surface area contributed by atoms with E-state index in [2.05, 4.69) is 34.8 Å². The van der Waals surface area contributed by atoms with Crippen LogP contribution in [0.25, 0.3) is 0 Å². The number of methoxy groups -OCH3 is 2. The van der Waals surface area contributed by atoms with Crippen LogP contribution in [0.15, 0.2) is 36.5 Å². The molecule has 1 atom stereocenters. The van der Waals surface area contributed by atoms with E-state index in [0.29, 0.717) is 24.3 Å². The van der Waals surface area contributed by atoms with Gasteiger partial charge in [0.2, 0.25) is 5.91 Å². The third-order valence-electron chi connectivity index (χ3n) is 5.47. The van der Waals surface area contributed by atoms with Crippen molar-refractivity contribution in [2.75, 3.05) is 20.8 Å². The summed E-state index contributed by atoms with van der Waals surface area (Å²) in [5.74, 6) is 1.65. The fourth-order valence-electron chi connectivity index (χ4n) is 3.97. The minimum absolute atomic E-state index is 0.186. The van der Waals surface area contributed by atoms with Crippen molar-refractivity contribution in [1.29, 1.82) is 0 Å². The number of carbonyl (C=O) groups is 1. The average molecular weight is 370 g/mol. The molecule has 1 aliphatic heterocycles. The van der Waals surface area contributed by atoms with Crippen molar-refractivity contribution in [3.05, 3.63) is 47.8 Å². The SMILES string of the molecule is COc1ccc(CCC(=O)N2CCCCC[C@@H]2c2cccn2C)cc1OC. The van der Waals surface area contributed by atoms with Crippen LogP contribution in [-0.2, 0) is 18.3 Å². The van der Waals surface area contributed by atoms with E-state index in [1.54, 1.807) is 14.2 Å². The van der Waals surface area contributed by atoms with Crippen LogP contribution < -0.4 is 9.47 Å². The van der Waals surface area contributed by atoms with Crippen molar-refractivity contribution in [2.24, 2.45) is 7.05 Å². The first-order chi connectivity index (χ1) is 13.1. The van der Waals surface area contributed by atoms with Gasteiger partial charge in [0.05, 0.1) is 20.3 Å². The maximum absolute atomic E-state index is 13.1. The molecule has 0 spiro atoms. The molecule has 5 heteroatoms. The lowest BCUT2D eigenvalue weighted by atomic mass is 10.0. The minimum atomic E-state index is 0.186. The number of amides is 1. The van der Waals surface area contributed by atoms with E-state index in [1.165, 1.54) is 18.5 Å². The molecule has 3 rings (SSSR count). The molecule has 146 valence electrons. The molecule has 1 aromatic heterocycles. The number of rotatable bonds is 6. The van der Waals surface area contributed by atoms with Crippen molar-refractivity contribution in [3.63, 3.8) is 0 Å². The topological polar surface area (TPSA) is 43.7 Å². The standard InChI is InChI=1S/C22H30N2O3/c1-23-14-7-9-18(23)19-8-5-4-6-15-24(19)22(25)13-11-17-10-12-20(26-2)21(16-17)27-3/h7,9-10,12,14,16,19H,4-6,8,11,13,15H2,1-3H3/t19-/m1/s1. The van der Waals surface area contributed by atoms with Gasteiger partial charge < -0.3 is 18.9 Å². The van der Waals surface area contributed by atoms with E-state index < -0.39 is 0 Å². The molecule has 0 saturated carbocycles. The summed E-state index contributed by atoms with van der Waals surface area (Å²) in [7, 11) is 5.32. The number of nitrogens with zero attached hydrogens (tertiary/aromatic N) is 2. The molecular weight excluding hydrogens is 340 g/mol. The normalized spacial score (nSPS) is 17.4. The number of hydrogen-bond acceptors (Lipinski definition) is 3. The molecule has 0 radical (unpaired) electrons. The Morgan fingerprint density at radius 1 is 1.11 bits per heavy atom.